The van der Waals surface area contributed by atoms with Crippen molar-refractivity contribution in [3.05, 3.63) is 71.8 Å². The summed E-state index contributed by atoms with van der Waals surface area (Å²) in [6.45, 7) is 4.19. The molecule has 0 aliphatic carbocycles. The van der Waals surface area contributed by atoms with Crippen molar-refractivity contribution in [3.63, 3.8) is 0 Å². The molecule has 0 radical (unpaired) electrons. The SMILES string of the molecule is CC(=O)O[C@@H]1O[C@H](OCP(C)(C)=O)C(OC(=O)c2ccccc2)[C@@H]1OC(=O)c1ccccc1. The molecule has 4 atom stereocenters. The Morgan fingerprint density at radius 3 is 1.67 bits per heavy atom. The maximum atomic E-state index is 12.7. The van der Waals surface area contributed by atoms with Crippen LogP contribution >= 0.6 is 7.14 Å². The van der Waals surface area contributed by atoms with Crippen LogP contribution in [0.15, 0.2) is 60.7 Å². The van der Waals surface area contributed by atoms with Crippen molar-refractivity contribution >= 4 is 25.0 Å². The molecule has 33 heavy (non-hydrogen) atoms. The number of rotatable bonds is 8. The lowest BCUT2D eigenvalue weighted by Gasteiger charge is -2.24. The first-order chi connectivity index (χ1) is 15.6. The molecule has 1 aliphatic heterocycles. The Labute approximate surface area is 191 Å². The van der Waals surface area contributed by atoms with E-state index in [0.717, 1.165) is 6.92 Å². The fourth-order valence-corrected chi connectivity index (χ4v) is 3.53. The lowest BCUT2D eigenvalue weighted by atomic mass is 10.2. The predicted octanol–water partition coefficient (Wildman–Crippen LogP) is 3.28. The Kier molecular flexibility index (Phi) is 8.02. The summed E-state index contributed by atoms with van der Waals surface area (Å²) >= 11 is 0. The summed E-state index contributed by atoms with van der Waals surface area (Å²) in [7, 11) is -2.64. The molecule has 0 aromatic heterocycles. The summed E-state index contributed by atoms with van der Waals surface area (Å²) in [5.74, 6) is -2.16. The average Bonchev–Trinajstić information content (AvgIpc) is 3.08. The van der Waals surface area contributed by atoms with E-state index in [1.54, 1.807) is 60.7 Å². The lowest BCUT2D eigenvalue weighted by molar-refractivity contribution is -0.216. The number of ether oxygens (including phenoxy) is 5. The second-order valence-corrected chi connectivity index (χ2v) is 11.2. The highest BCUT2D eigenvalue weighted by Crippen LogP contribution is 2.38. The van der Waals surface area contributed by atoms with Crippen molar-refractivity contribution in [2.45, 2.75) is 31.7 Å². The lowest BCUT2D eigenvalue weighted by Crippen LogP contribution is -2.42. The van der Waals surface area contributed by atoms with Crippen molar-refractivity contribution in [2.24, 2.45) is 0 Å². The molecule has 2 aromatic rings. The molecule has 0 spiro atoms. The normalized spacial score (nSPS) is 22.4. The van der Waals surface area contributed by atoms with E-state index in [2.05, 4.69) is 0 Å². The van der Waals surface area contributed by atoms with Gasteiger partial charge in [0.25, 0.3) is 0 Å². The van der Waals surface area contributed by atoms with Crippen LogP contribution in [0.3, 0.4) is 0 Å². The van der Waals surface area contributed by atoms with Gasteiger partial charge in [0.2, 0.25) is 18.7 Å². The van der Waals surface area contributed by atoms with Crippen LogP contribution in [0.25, 0.3) is 0 Å². The van der Waals surface area contributed by atoms with Gasteiger partial charge >= 0.3 is 17.9 Å². The highest BCUT2D eigenvalue weighted by atomic mass is 31.2. The number of carbonyl (C=O) groups is 3. The van der Waals surface area contributed by atoms with E-state index in [4.69, 9.17) is 23.7 Å². The molecular weight excluding hydrogens is 451 g/mol. The number of hydrogen-bond donors (Lipinski definition) is 0. The van der Waals surface area contributed by atoms with Gasteiger partial charge in [-0.1, -0.05) is 36.4 Å². The molecule has 1 saturated heterocycles. The average molecular weight is 476 g/mol. The van der Waals surface area contributed by atoms with Gasteiger partial charge in [-0.15, -0.1) is 0 Å². The quantitative estimate of drug-likeness (QED) is 0.322. The Bertz CT molecular complexity index is 1020. The molecule has 1 fully saturated rings. The molecular formula is C23H25O9P. The van der Waals surface area contributed by atoms with Crippen LogP contribution in [0.5, 0.6) is 0 Å². The first kappa shape index (κ1) is 24.6. The molecule has 0 saturated carbocycles. The number of esters is 3. The molecule has 0 amide bonds. The van der Waals surface area contributed by atoms with Crippen molar-refractivity contribution in [2.75, 3.05) is 19.7 Å². The molecule has 2 aromatic carbocycles. The predicted molar refractivity (Wildman–Crippen MR) is 117 cm³/mol. The van der Waals surface area contributed by atoms with E-state index < -0.39 is 49.8 Å². The number of hydrogen-bond acceptors (Lipinski definition) is 9. The van der Waals surface area contributed by atoms with Gasteiger partial charge in [-0.3, -0.25) is 4.79 Å². The first-order valence-electron chi connectivity index (χ1n) is 10.1. The number of benzene rings is 2. The van der Waals surface area contributed by atoms with Crippen molar-refractivity contribution < 1.29 is 42.6 Å². The number of carbonyl (C=O) groups excluding carboxylic acids is 3. The second kappa shape index (κ2) is 10.7. The monoisotopic (exact) mass is 476 g/mol. The minimum absolute atomic E-state index is 0.191. The molecule has 0 N–H and O–H groups in total. The fourth-order valence-electron chi connectivity index (χ4n) is 3.02. The molecule has 9 nitrogen and oxygen atoms in total. The second-order valence-electron chi connectivity index (χ2n) is 7.82. The molecule has 10 heteroatoms. The standard InChI is InChI=1S/C23H25O9P/c1-15(24)29-23-19(31-21(26)17-12-8-5-9-13-17)18(22(32-23)28-14-33(2,3)27)30-20(25)16-10-6-4-7-11-16/h4-13,18-19,22-23H,14H2,1-3H3/t18?,19-,22-,23+/m0/s1. The Morgan fingerprint density at radius 2 is 1.24 bits per heavy atom. The van der Waals surface area contributed by atoms with Crippen molar-refractivity contribution in [1.29, 1.82) is 0 Å². The minimum Gasteiger partial charge on any atom is -0.449 e. The van der Waals surface area contributed by atoms with E-state index in [1.807, 2.05) is 0 Å². The Balaban J connectivity index is 1.89. The zero-order chi connectivity index (χ0) is 24.0. The summed E-state index contributed by atoms with van der Waals surface area (Å²) in [5.41, 5.74) is 0.486. The van der Waals surface area contributed by atoms with Crippen LogP contribution in [0, 0.1) is 0 Å². The summed E-state index contributed by atoms with van der Waals surface area (Å²) < 4.78 is 39.7. The summed E-state index contributed by atoms with van der Waals surface area (Å²) in [4.78, 5) is 37.1. The van der Waals surface area contributed by atoms with Crippen LogP contribution < -0.4 is 0 Å². The summed E-state index contributed by atoms with van der Waals surface area (Å²) in [6.07, 6.45) is -5.50. The van der Waals surface area contributed by atoms with Crippen LogP contribution in [-0.4, -0.2) is 62.4 Å². The largest absolute Gasteiger partial charge is 0.449 e. The maximum Gasteiger partial charge on any atom is 0.338 e. The van der Waals surface area contributed by atoms with E-state index in [-0.39, 0.29) is 17.5 Å². The van der Waals surface area contributed by atoms with Gasteiger partial charge in [0, 0.05) is 6.92 Å². The third-order valence-electron chi connectivity index (χ3n) is 4.47. The van der Waals surface area contributed by atoms with Crippen LogP contribution in [0.2, 0.25) is 0 Å². The molecule has 176 valence electrons. The third-order valence-corrected chi connectivity index (χ3v) is 5.24. The van der Waals surface area contributed by atoms with Crippen LogP contribution in [-0.2, 0) is 33.0 Å². The Hall–Kier alpha value is -3.00. The first-order valence-corrected chi connectivity index (χ1v) is 12.9. The summed E-state index contributed by atoms with van der Waals surface area (Å²) in [5, 5.41) is 0. The third kappa shape index (κ3) is 6.99. The van der Waals surface area contributed by atoms with Gasteiger partial charge in [0.15, 0.2) is 6.10 Å². The smallest absolute Gasteiger partial charge is 0.338 e. The topological polar surface area (TPSA) is 114 Å². The zero-order valence-electron chi connectivity index (χ0n) is 18.4. The van der Waals surface area contributed by atoms with Crippen LogP contribution in [0.4, 0.5) is 0 Å². The molecule has 0 bridgehead atoms. The van der Waals surface area contributed by atoms with E-state index in [0.29, 0.717) is 0 Å². The summed E-state index contributed by atoms with van der Waals surface area (Å²) in [6, 6.07) is 16.3. The Morgan fingerprint density at radius 1 is 0.788 bits per heavy atom. The van der Waals surface area contributed by atoms with Crippen molar-refractivity contribution in [3.8, 4) is 0 Å². The van der Waals surface area contributed by atoms with Crippen molar-refractivity contribution in [1.82, 2.24) is 0 Å². The van der Waals surface area contributed by atoms with E-state index in [9.17, 15) is 18.9 Å². The van der Waals surface area contributed by atoms with E-state index >= 15 is 0 Å². The highest BCUT2D eigenvalue weighted by Gasteiger charge is 2.52. The molecule has 3 rings (SSSR count). The molecule has 1 aliphatic rings. The van der Waals surface area contributed by atoms with Gasteiger partial charge in [-0.25, -0.2) is 9.59 Å². The van der Waals surface area contributed by atoms with Gasteiger partial charge in [0.05, 0.1) is 11.1 Å². The zero-order valence-corrected chi connectivity index (χ0v) is 19.3. The van der Waals surface area contributed by atoms with Gasteiger partial charge in [-0.05, 0) is 37.6 Å². The van der Waals surface area contributed by atoms with Gasteiger partial charge in [-0.2, -0.15) is 0 Å². The van der Waals surface area contributed by atoms with Gasteiger partial charge < -0.3 is 28.2 Å². The minimum atomic E-state index is -2.64. The molecule has 1 unspecified atom stereocenters. The maximum absolute atomic E-state index is 12.7. The fraction of sp³-hybridized carbons (Fsp3) is 0.348. The van der Waals surface area contributed by atoms with Crippen LogP contribution in [0.1, 0.15) is 27.6 Å². The molecule has 1 heterocycles. The van der Waals surface area contributed by atoms with Gasteiger partial charge in [0.1, 0.15) is 13.5 Å². The highest BCUT2D eigenvalue weighted by molar-refractivity contribution is 7.62. The van der Waals surface area contributed by atoms with E-state index in [1.165, 1.54) is 13.3 Å².